The number of hydrogen-bond acceptors (Lipinski definition) is 5. The molecule has 0 unspecified atom stereocenters. The second-order valence-corrected chi connectivity index (χ2v) is 23.9. The summed E-state index contributed by atoms with van der Waals surface area (Å²) in [6, 6.07) is 104. The zero-order valence-corrected chi connectivity index (χ0v) is 48.9. The van der Waals surface area contributed by atoms with Gasteiger partial charge in [0.25, 0.3) is 0 Å². The number of hydrogen-bond donors (Lipinski definition) is 0. The fraction of sp³-hybridized carbons (Fsp3) is 0.0357. The van der Waals surface area contributed by atoms with Gasteiger partial charge in [0.05, 0.1) is 22.8 Å². The molecule has 0 N–H and O–H groups in total. The van der Waals surface area contributed by atoms with Crippen molar-refractivity contribution in [1.82, 2.24) is 4.98 Å². The first-order valence-corrected chi connectivity index (χ1v) is 30.7. The zero-order chi connectivity index (χ0) is 58.8. The molecule has 0 bridgehead atoms. The first-order chi connectivity index (χ1) is 44.0. The molecule has 418 valence electrons. The predicted molar refractivity (Wildman–Crippen MR) is 376 cm³/mol. The molecule has 3 heterocycles. The van der Waals surface area contributed by atoms with Crippen LogP contribution in [-0.2, 0) is 0 Å². The van der Waals surface area contributed by atoms with Crippen LogP contribution in [0.2, 0.25) is 0 Å². The van der Waals surface area contributed by atoms with Crippen LogP contribution in [0.4, 0.5) is 34.1 Å². The van der Waals surface area contributed by atoms with E-state index < -0.39 is 0 Å². The Morgan fingerprint density at radius 1 is 0.315 bits per heavy atom. The zero-order valence-electron chi connectivity index (χ0n) is 48.9. The Bertz CT molecular complexity index is 5850. The smallest absolute Gasteiger partial charge is 0.160 e. The average Bonchev–Trinajstić information content (AvgIpc) is 1.70. The van der Waals surface area contributed by atoms with Crippen LogP contribution in [0, 0.1) is 0 Å². The number of rotatable bonds is 9. The van der Waals surface area contributed by atoms with E-state index in [1.54, 1.807) is 0 Å². The highest BCUT2D eigenvalue weighted by atomic mass is 16.3. The highest BCUT2D eigenvalue weighted by Crippen LogP contribution is 2.56. The number of aromatic nitrogens is 1. The van der Waals surface area contributed by atoms with Crippen molar-refractivity contribution >= 4 is 153 Å². The Hall–Kier alpha value is -11.5. The summed E-state index contributed by atoms with van der Waals surface area (Å²) in [7, 11) is 0. The van der Waals surface area contributed by atoms with E-state index in [9.17, 15) is 0 Å². The molecule has 0 radical (unpaired) electrons. The quantitative estimate of drug-likeness (QED) is 0.106. The molecule has 89 heavy (non-hydrogen) atoms. The van der Waals surface area contributed by atoms with E-state index in [0.29, 0.717) is 0 Å². The SMILES string of the molecule is CC(C)c1ccc2oc3c(N(c4ccccc4)c4ccc5ccccc5c4)cc4c(N(c5ccccc5)c5c6ccccc6cc6c(-c7c8ccccc8cc8ccccc78)cccc56)cc5ccc6c(oc7cccc(-c8ccccn8)c76)c5c4c3c2c1. The normalized spacial score (nSPS) is 12.0. The van der Waals surface area contributed by atoms with Gasteiger partial charge in [-0.15, -0.1) is 0 Å². The van der Waals surface area contributed by atoms with Gasteiger partial charge in [-0.2, -0.15) is 0 Å². The Morgan fingerprint density at radius 2 is 0.944 bits per heavy atom. The Kier molecular flexibility index (Phi) is 11.4. The van der Waals surface area contributed by atoms with E-state index in [1.165, 1.54) is 43.6 Å². The number of pyridine rings is 1. The molecule has 0 atom stereocenters. The van der Waals surface area contributed by atoms with Crippen LogP contribution in [0.15, 0.2) is 300 Å². The van der Waals surface area contributed by atoms with Crippen molar-refractivity contribution in [3.63, 3.8) is 0 Å². The van der Waals surface area contributed by atoms with Gasteiger partial charge in [-0.05, 0) is 168 Å². The minimum absolute atomic E-state index is 0.251. The molecule has 5 heteroatoms. The second-order valence-electron chi connectivity index (χ2n) is 23.9. The molecule has 18 rings (SSSR count). The van der Waals surface area contributed by atoms with Gasteiger partial charge in [-0.3, -0.25) is 4.98 Å². The van der Waals surface area contributed by atoms with Crippen LogP contribution >= 0.6 is 0 Å². The molecule has 0 saturated carbocycles. The lowest BCUT2D eigenvalue weighted by Gasteiger charge is -2.31. The predicted octanol–water partition coefficient (Wildman–Crippen LogP) is 24.3. The minimum atomic E-state index is 0.251. The molecule has 0 aliphatic rings. The maximum Gasteiger partial charge on any atom is 0.160 e. The lowest BCUT2D eigenvalue weighted by atomic mass is 9.87. The van der Waals surface area contributed by atoms with Crippen LogP contribution in [0.1, 0.15) is 25.3 Å². The standard InChI is InChI=1S/C84H55N3O2/c1-51(2)53-40-43-75-71(47-53)81-80-70(50-74(84(81)88-75)86(59-26-5-3-6-27-59)61-41-38-52-21-9-10-22-54(52)46-61)73(49-58-39-42-68-79-67(72-36-17-18-44-85-72)35-20-37-76(79)89-83(68)77(58)80)87(60-28-7-4-8-29-60)82-64-32-16-13-25-57(64)48-69-65(33-19-34-66(69)82)78-62-30-14-11-23-55(62)45-56-24-12-15-31-63(56)78/h3-51H,1-2H3. The van der Waals surface area contributed by atoms with E-state index in [-0.39, 0.29) is 5.92 Å². The first kappa shape index (κ1) is 50.8. The van der Waals surface area contributed by atoms with E-state index >= 15 is 0 Å². The van der Waals surface area contributed by atoms with Gasteiger partial charge in [0.1, 0.15) is 16.7 Å². The third-order valence-electron chi connectivity index (χ3n) is 18.5. The molecule has 0 saturated heterocycles. The van der Waals surface area contributed by atoms with Crippen LogP contribution in [0.25, 0.3) is 142 Å². The summed E-state index contributed by atoms with van der Waals surface area (Å²) in [5.74, 6) is 0.251. The summed E-state index contributed by atoms with van der Waals surface area (Å²) in [6.07, 6.45) is 1.87. The lowest BCUT2D eigenvalue weighted by molar-refractivity contribution is 0.669. The summed E-state index contributed by atoms with van der Waals surface area (Å²) in [6.45, 7) is 4.55. The number of fused-ring (bicyclic) bond motifs is 16. The van der Waals surface area contributed by atoms with Gasteiger partial charge in [0, 0.05) is 77.3 Å². The number of anilines is 6. The fourth-order valence-corrected chi connectivity index (χ4v) is 14.5. The van der Waals surface area contributed by atoms with Crippen LogP contribution in [0.3, 0.4) is 0 Å². The van der Waals surface area contributed by atoms with Crippen LogP contribution in [-0.4, -0.2) is 4.98 Å². The molecule has 15 aromatic carbocycles. The average molecular weight is 1140 g/mol. The van der Waals surface area contributed by atoms with Crippen molar-refractivity contribution < 1.29 is 8.83 Å². The summed E-state index contributed by atoms with van der Waals surface area (Å²) in [5, 5.41) is 20.0. The van der Waals surface area contributed by atoms with E-state index in [1.807, 2.05) is 12.3 Å². The molecule has 0 fully saturated rings. The Morgan fingerprint density at radius 3 is 1.69 bits per heavy atom. The topological polar surface area (TPSA) is 45.7 Å². The van der Waals surface area contributed by atoms with Crippen molar-refractivity contribution in [1.29, 1.82) is 0 Å². The van der Waals surface area contributed by atoms with Gasteiger partial charge in [-0.1, -0.05) is 202 Å². The third-order valence-corrected chi connectivity index (χ3v) is 18.5. The van der Waals surface area contributed by atoms with E-state index in [2.05, 4.69) is 303 Å². The molecule has 18 aromatic rings. The number of nitrogens with zero attached hydrogens (tertiary/aromatic N) is 3. The molecule has 5 nitrogen and oxygen atoms in total. The molecular weight excluding hydrogens is 1080 g/mol. The molecule has 0 aliphatic heterocycles. The molecule has 0 aliphatic carbocycles. The highest BCUT2D eigenvalue weighted by Gasteiger charge is 2.30. The summed E-state index contributed by atoms with van der Waals surface area (Å²) in [4.78, 5) is 9.85. The monoisotopic (exact) mass is 1140 g/mol. The van der Waals surface area contributed by atoms with E-state index in [4.69, 9.17) is 13.8 Å². The van der Waals surface area contributed by atoms with Crippen LogP contribution < -0.4 is 9.80 Å². The van der Waals surface area contributed by atoms with Gasteiger partial charge >= 0.3 is 0 Å². The van der Waals surface area contributed by atoms with Crippen LogP contribution in [0.5, 0.6) is 0 Å². The van der Waals surface area contributed by atoms with Gasteiger partial charge in [0.15, 0.2) is 5.58 Å². The third kappa shape index (κ3) is 7.92. The van der Waals surface area contributed by atoms with Crippen molar-refractivity contribution in [2.45, 2.75) is 19.8 Å². The van der Waals surface area contributed by atoms with Gasteiger partial charge in [-0.25, -0.2) is 0 Å². The highest BCUT2D eigenvalue weighted by molar-refractivity contribution is 6.37. The van der Waals surface area contributed by atoms with Crippen molar-refractivity contribution in [3.8, 4) is 22.4 Å². The minimum Gasteiger partial charge on any atom is -0.455 e. The molecule has 3 aromatic heterocycles. The summed E-state index contributed by atoms with van der Waals surface area (Å²) < 4.78 is 15.0. The maximum absolute atomic E-state index is 7.54. The largest absolute Gasteiger partial charge is 0.455 e. The summed E-state index contributed by atoms with van der Waals surface area (Å²) >= 11 is 0. The molecule has 0 spiro atoms. The van der Waals surface area contributed by atoms with Crippen molar-refractivity contribution in [2.24, 2.45) is 0 Å². The first-order valence-electron chi connectivity index (χ1n) is 30.7. The fourth-order valence-electron chi connectivity index (χ4n) is 14.5. The second kappa shape index (κ2) is 20.0. The Labute approximate surface area is 513 Å². The van der Waals surface area contributed by atoms with Gasteiger partial charge < -0.3 is 18.6 Å². The molecular formula is C84H55N3O2. The van der Waals surface area contributed by atoms with E-state index in [0.717, 1.165) is 138 Å². The number of para-hydroxylation sites is 2. The van der Waals surface area contributed by atoms with Crippen molar-refractivity contribution in [2.75, 3.05) is 9.80 Å². The maximum atomic E-state index is 7.54. The molecule has 0 amide bonds. The summed E-state index contributed by atoms with van der Waals surface area (Å²) in [5.41, 5.74) is 14.8. The number of benzene rings is 15. The Balaban J connectivity index is 1.05. The lowest BCUT2D eigenvalue weighted by Crippen LogP contribution is -2.13. The van der Waals surface area contributed by atoms with Gasteiger partial charge in [0.2, 0.25) is 0 Å². The number of furan rings is 2. The van der Waals surface area contributed by atoms with Crippen molar-refractivity contribution in [3.05, 3.63) is 297 Å².